The van der Waals surface area contributed by atoms with E-state index in [-0.39, 0.29) is 0 Å². The summed E-state index contributed by atoms with van der Waals surface area (Å²) in [5.74, 6) is 0.516. The zero-order chi connectivity index (χ0) is 16.8. The van der Waals surface area contributed by atoms with Gasteiger partial charge in [-0.3, -0.25) is 4.90 Å². The molecular formula is C23H27N. The molecule has 0 heterocycles. The molecule has 2 atom stereocenters. The van der Waals surface area contributed by atoms with Crippen LogP contribution in [0.3, 0.4) is 0 Å². The van der Waals surface area contributed by atoms with Gasteiger partial charge in [-0.1, -0.05) is 84.5 Å². The molecule has 1 aliphatic carbocycles. The fourth-order valence-electron chi connectivity index (χ4n) is 3.53. The highest BCUT2D eigenvalue weighted by atomic mass is 15.2. The van der Waals surface area contributed by atoms with E-state index < -0.39 is 0 Å². The maximum atomic E-state index is 2.63. The van der Waals surface area contributed by atoms with Gasteiger partial charge in [0, 0.05) is 25.0 Å². The molecule has 0 aliphatic heterocycles. The zero-order valence-electron chi connectivity index (χ0n) is 14.7. The number of hydrogen-bond acceptors (Lipinski definition) is 1. The van der Waals surface area contributed by atoms with Gasteiger partial charge in [0.1, 0.15) is 0 Å². The fourth-order valence-corrected chi connectivity index (χ4v) is 3.53. The lowest BCUT2D eigenvalue weighted by atomic mass is 9.98. The van der Waals surface area contributed by atoms with E-state index in [0.29, 0.717) is 12.0 Å². The summed E-state index contributed by atoms with van der Waals surface area (Å²) in [6.07, 6.45) is 8.27. The van der Waals surface area contributed by atoms with Crippen LogP contribution in [0.1, 0.15) is 31.4 Å². The Morgan fingerprint density at radius 2 is 1.46 bits per heavy atom. The molecule has 3 rings (SSSR count). The van der Waals surface area contributed by atoms with Crippen LogP contribution in [-0.2, 0) is 13.1 Å². The summed E-state index contributed by atoms with van der Waals surface area (Å²) in [5, 5.41) is 0. The predicted molar refractivity (Wildman–Crippen MR) is 103 cm³/mol. The Labute approximate surface area is 146 Å². The quantitative estimate of drug-likeness (QED) is 0.627. The second-order valence-corrected chi connectivity index (χ2v) is 6.93. The maximum Gasteiger partial charge on any atom is 0.0240 e. The van der Waals surface area contributed by atoms with Gasteiger partial charge in [0.15, 0.2) is 0 Å². The topological polar surface area (TPSA) is 3.24 Å². The first-order valence-electron chi connectivity index (χ1n) is 8.86. The summed E-state index contributed by atoms with van der Waals surface area (Å²) in [4.78, 5) is 2.63. The minimum Gasteiger partial charge on any atom is -0.291 e. The summed E-state index contributed by atoms with van der Waals surface area (Å²) in [6, 6.07) is 22.2. The van der Waals surface area contributed by atoms with E-state index >= 15 is 0 Å². The van der Waals surface area contributed by atoms with Crippen molar-refractivity contribution in [3.8, 4) is 0 Å². The lowest BCUT2D eigenvalue weighted by molar-refractivity contribution is 0.164. The monoisotopic (exact) mass is 317 g/mol. The fraction of sp³-hybridized carbons (Fsp3) is 0.304. The Morgan fingerprint density at radius 1 is 0.917 bits per heavy atom. The number of benzene rings is 2. The number of allylic oxidation sites excluding steroid dienone is 1. The molecule has 0 bridgehead atoms. The summed E-state index contributed by atoms with van der Waals surface area (Å²) in [5.41, 5.74) is 4.17. The average Bonchev–Trinajstić information content (AvgIpc) is 3.03. The van der Waals surface area contributed by atoms with Crippen molar-refractivity contribution in [1.29, 1.82) is 0 Å². The molecule has 0 saturated carbocycles. The second-order valence-electron chi connectivity index (χ2n) is 6.93. The van der Waals surface area contributed by atoms with Crippen LogP contribution in [0.25, 0.3) is 0 Å². The molecule has 0 spiro atoms. The smallest absolute Gasteiger partial charge is 0.0240 e. The van der Waals surface area contributed by atoms with Crippen molar-refractivity contribution in [3.05, 3.63) is 95.6 Å². The van der Waals surface area contributed by atoms with Crippen molar-refractivity contribution in [2.24, 2.45) is 5.92 Å². The third kappa shape index (κ3) is 4.46. The van der Waals surface area contributed by atoms with Crippen molar-refractivity contribution < 1.29 is 0 Å². The first-order chi connectivity index (χ1) is 11.7. The van der Waals surface area contributed by atoms with E-state index in [1.807, 2.05) is 0 Å². The van der Waals surface area contributed by atoms with Crippen LogP contribution in [0.4, 0.5) is 0 Å². The number of rotatable bonds is 6. The van der Waals surface area contributed by atoms with Crippen LogP contribution in [0.15, 0.2) is 84.5 Å². The lowest BCUT2D eigenvalue weighted by Crippen LogP contribution is -2.36. The standard InChI is InChI=1S/C23H27N/c1-19(2)16-22-14-9-15-23(22)24(17-20-10-5-3-6-11-20)18-21-12-7-4-8-13-21/h3-14,16,22-23H,15,17-18H2,1-2H3/t22?,23-/m1/s1. The van der Waals surface area contributed by atoms with Gasteiger partial charge >= 0.3 is 0 Å². The SMILES string of the molecule is CC(C)=CC1C=CC[C@H]1N(Cc1ccccc1)Cc1ccccc1. The Balaban J connectivity index is 1.82. The summed E-state index contributed by atoms with van der Waals surface area (Å²) < 4.78 is 0. The van der Waals surface area contributed by atoms with E-state index in [0.717, 1.165) is 19.5 Å². The Kier molecular flexibility index (Phi) is 5.66. The molecule has 0 aromatic heterocycles. The van der Waals surface area contributed by atoms with Gasteiger partial charge < -0.3 is 0 Å². The minimum absolute atomic E-state index is 0.516. The van der Waals surface area contributed by atoms with Crippen molar-refractivity contribution in [1.82, 2.24) is 4.90 Å². The molecular weight excluding hydrogens is 290 g/mol. The van der Waals surface area contributed by atoms with Crippen LogP contribution >= 0.6 is 0 Å². The highest BCUT2D eigenvalue weighted by molar-refractivity contribution is 5.20. The van der Waals surface area contributed by atoms with Crippen molar-refractivity contribution in [2.45, 2.75) is 39.4 Å². The van der Waals surface area contributed by atoms with Gasteiger partial charge in [-0.05, 0) is 31.4 Å². The molecule has 0 fully saturated rings. The van der Waals surface area contributed by atoms with E-state index in [4.69, 9.17) is 0 Å². The van der Waals surface area contributed by atoms with Crippen molar-refractivity contribution in [2.75, 3.05) is 0 Å². The zero-order valence-corrected chi connectivity index (χ0v) is 14.7. The lowest BCUT2D eigenvalue weighted by Gasteiger charge is -2.32. The second kappa shape index (κ2) is 8.12. The molecule has 2 aromatic carbocycles. The predicted octanol–water partition coefficient (Wildman–Crippen LogP) is 5.60. The van der Waals surface area contributed by atoms with Gasteiger partial charge in [0.05, 0.1) is 0 Å². The molecule has 124 valence electrons. The van der Waals surface area contributed by atoms with Gasteiger partial charge in [-0.25, -0.2) is 0 Å². The average molecular weight is 317 g/mol. The number of hydrogen-bond donors (Lipinski definition) is 0. The Hall–Kier alpha value is -2.12. The number of nitrogens with zero attached hydrogens (tertiary/aromatic N) is 1. The Bertz CT molecular complexity index is 639. The summed E-state index contributed by atoms with van der Waals surface area (Å²) in [7, 11) is 0. The van der Waals surface area contributed by atoms with Crippen LogP contribution in [0.2, 0.25) is 0 Å². The molecule has 0 radical (unpaired) electrons. The van der Waals surface area contributed by atoms with Crippen LogP contribution in [-0.4, -0.2) is 10.9 Å². The summed E-state index contributed by atoms with van der Waals surface area (Å²) >= 11 is 0. The maximum absolute atomic E-state index is 2.63. The van der Waals surface area contributed by atoms with Gasteiger partial charge in [-0.15, -0.1) is 0 Å². The Morgan fingerprint density at radius 3 is 1.96 bits per heavy atom. The van der Waals surface area contributed by atoms with Crippen molar-refractivity contribution in [3.63, 3.8) is 0 Å². The summed E-state index contributed by atoms with van der Waals surface area (Å²) in [6.45, 7) is 6.38. The van der Waals surface area contributed by atoms with E-state index in [1.54, 1.807) is 0 Å². The molecule has 1 unspecified atom stereocenters. The van der Waals surface area contributed by atoms with Gasteiger partial charge in [0.2, 0.25) is 0 Å². The van der Waals surface area contributed by atoms with E-state index in [2.05, 4.69) is 97.6 Å². The van der Waals surface area contributed by atoms with E-state index in [9.17, 15) is 0 Å². The first kappa shape index (κ1) is 16.7. The minimum atomic E-state index is 0.516. The normalized spacial score (nSPS) is 19.6. The molecule has 1 heteroatoms. The molecule has 2 aromatic rings. The molecule has 0 amide bonds. The van der Waals surface area contributed by atoms with Crippen LogP contribution in [0.5, 0.6) is 0 Å². The molecule has 1 aliphatic rings. The van der Waals surface area contributed by atoms with Gasteiger partial charge in [0.25, 0.3) is 0 Å². The molecule has 1 nitrogen and oxygen atoms in total. The molecule has 24 heavy (non-hydrogen) atoms. The van der Waals surface area contributed by atoms with Crippen LogP contribution in [0, 0.1) is 5.92 Å². The molecule has 0 saturated heterocycles. The molecule has 0 N–H and O–H groups in total. The third-order valence-corrected chi connectivity index (χ3v) is 4.63. The highest BCUT2D eigenvalue weighted by Crippen LogP contribution is 2.28. The highest BCUT2D eigenvalue weighted by Gasteiger charge is 2.27. The third-order valence-electron chi connectivity index (χ3n) is 4.63. The van der Waals surface area contributed by atoms with E-state index in [1.165, 1.54) is 16.7 Å². The van der Waals surface area contributed by atoms with Crippen molar-refractivity contribution >= 4 is 0 Å². The van der Waals surface area contributed by atoms with Gasteiger partial charge in [-0.2, -0.15) is 0 Å². The first-order valence-corrected chi connectivity index (χ1v) is 8.86. The largest absolute Gasteiger partial charge is 0.291 e. The van der Waals surface area contributed by atoms with Crippen LogP contribution < -0.4 is 0 Å².